The average molecular weight is 205 g/mol. The molecule has 0 aromatic carbocycles. The maximum Gasteiger partial charge on any atom is 0.0853 e. The first kappa shape index (κ1) is 9.37. The molecule has 0 aliphatic heterocycles. The third-order valence-corrected chi connectivity index (χ3v) is 2.76. The highest BCUT2D eigenvalue weighted by Crippen LogP contribution is 2.19. The Kier molecular flexibility index (Phi) is 2.91. The Morgan fingerprint density at radius 2 is 2.29 bits per heavy atom. The molecule has 0 radical (unpaired) electrons. The van der Waals surface area contributed by atoms with E-state index in [1.165, 1.54) is 0 Å². The standard InChI is InChI=1S/C11H11NOS/c13-11(9-4-6-14-8-9)7-10-3-1-2-5-12-10/h1-6,8,11,13H,7H2. The fourth-order valence-electron chi connectivity index (χ4n) is 1.30. The Morgan fingerprint density at radius 3 is 2.93 bits per heavy atom. The van der Waals surface area contributed by atoms with Gasteiger partial charge in [-0.05, 0) is 34.5 Å². The zero-order valence-corrected chi connectivity index (χ0v) is 8.45. The molecule has 0 amide bonds. The van der Waals surface area contributed by atoms with Crippen molar-refractivity contribution < 1.29 is 5.11 Å². The number of aliphatic hydroxyl groups excluding tert-OH is 1. The fraction of sp³-hybridized carbons (Fsp3) is 0.182. The number of aliphatic hydroxyl groups is 1. The van der Waals surface area contributed by atoms with Gasteiger partial charge in [-0.25, -0.2) is 0 Å². The van der Waals surface area contributed by atoms with Gasteiger partial charge < -0.3 is 5.11 Å². The highest BCUT2D eigenvalue weighted by Gasteiger charge is 2.08. The van der Waals surface area contributed by atoms with Crippen LogP contribution in [0.25, 0.3) is 0 Å². The second-order valence-electron chi connectivity index (χ2n) is 3.10. The van der Waals surface area contributed by atoms with Gasteiger partial charge in [-0.1, -0.05) is 6.07 Å². The predicted molar refractivity (Wildman–Crippen MR) is 57.2 cm³/mol. The van der Waals surface area contributed by atoms with Crippen LogP contribution in [0.2, 0.25) is 0 Å². The Labute approximate surface area is 86.9 Å². The summed E-state index contributed by atoms with van der Waals surface area (Å²) in [4.78, 5) is 4.17. The van der Waals surface area contributed by atoms with Crippen molar-refractivity contribution in [3.05, 3.63) is 52.5 Å². The summed E-state index contributed by atoms with van der Waals surface area (Å²) >= 11 is 1.60. The van der Waals surface area contributed by atoms with E-state index in [4.69, 9.17) is 0 Å². The molecule has 2 aromatic heterocycles. The smallest absolute Gasteiger partial charge is 0.0853 e. The number of hydrogen-bond donors (Lipinski definition) is 1. The van der Waals surface area contributed by atoms with Gasteiger partial charge in [0.05, 0.1) is 6.10 Å². The van der Waals surface area contributed by atoms with E-state index in [0.717, 1.165) is 11.3 Å². The molecule has 0 saturated carbocycles. The van der Waals surface area contributed by atoms with E-state index in [2.05, 4.69) is 4.98 Å². The van der Waals surface area contributed by atoms with E-state index in [1.54, 1.807) is 17.5 Å². The molecule has 2 heterocycles. The molecular formula is C11H11NOS. The van der Waals surface area contributed by atoms with Crippen LogP contribution in [0.3, 0.4) is 0 Å². The van der Waals surface area contributed by atoms with E-state index in [-0.39, 0.29) is 0 Å². The summed E-state index contributed by atoms with van der Waals surface area (Å²) in [5.41, 5.74) is 1.90. The molecular weight excluding hydrogens is 194 g/mol. The molecule has 72 valence electrons. The molecule has 2 rings (SSSR count). The van der Waals surface area contributed by atoms with Crippen LogP contribution in [-0.2, 0) is 6.42 Å². The van der Waals surface area contributed by atoms with Crippen LogP contribution in [0.1, 0.15) is 17.4 Å². The molecule has 0 saturated heterocycles. The normalized spacial score (nSPS) is 12.6. The van der Waals surface area contributed by atoms with Crippen LogP contribution >= 0.6 is 11.3 Å². The van der Waals surface area contributed by atoms with Crippen molar-refractivity contribution in [2.24, 2.45) is 0 Å². The van der Waals surface area contributed by atoms with Gasteiger partial charge in [-0.15, -0.1) is 0 Å². The topological polar surface area (TPSA) is 33.1 Å². The molecule has 1 unspecified atom stereocenters. The molecule has 2 aromatic rings. The number of aromatic nitrogens is 1. The summed E-state index contributed by atoms with van der Waals surface area (Å²) in [5, 5.41) is 13.8. The van der Waals surface area contributed by atoms with E-state index < -0.39 is 6.10 Å². The summed E-state index contributed by atoms with van der Waals surface area (Å²) in [7, 11) is 0. The Balaban J connectivity index is 2.06. The molecule has 1 atom stereocenters. The van der Waals surface area contributed by atoms with Gasteiger partial charge in [0.2, 0.25) is 0 Å². The zero-order valence-electron chi connectivity index (χ0n) is 7.63. The summed E-state index contributed by atoms with van der Waals surface area (Å²) in [5.74, 6) is 0. The van der Waals surface area contributed by atoms with E-state index in [9.17, 15) is 5.11 Å². The van der Waals surface area contributed by atoms with Crippen LogP contribution in [-0.4, -0.2) is 10.1 Å². The Bertz CT molecular complexity index is 371. The average Bonchev–Trinajstić information content (AvgIpc) is 2.72. The number of pyridine rings is 1. The van der Waals surface area contributed by atoms with Crippen LogP contribution in [0.4, 0.5) is 0 Å². The number of nitrogens with zero attached hydrogens (tertiary/aromatic N) is 1. The van der Waals surface area contributed by atoms with E-state index >= 15 is 0 Å². The van der Waals surface area contributed by atoms with Crippen LogP contribution < -0.4 is 0 Å². The SMILES string of the molecule is OC(Cc1ccccn1)c1ccsc1. The van der Waals surface area contributed by atoms with Gasteiger partial charge >= 0.3 is 0 Å². The van der Waals surface area contributed by atoms with E-state index in [0.29, 0.717) is 6.42 Å². The molecule has 2 nitrogen and oxygen atoms in total. The van der Waals surface area contributed by atoms with Gasteiger partial charge in [-0.3, -0.25) is 4.98 Å². The minimum Gasteiger partial charge on any atom is -0.388 e. The van der Waals surface area contributed by atoms with Crippen molar-refractivity contribution in [2.75, 3.05) is 0 Å². The fourth-order valence-corrected chi connectivity index (χ4v) is 2.01. The van der Waals surface area contributed by atoms with Gasteiger partial charge in [0.1, 0.15) is 0 Å². The minimum atomic E-state index is -0.434. The molecule has 14 heavy (non-hydrogen) atoms. The highest BCUT2D eigenvalue weighted by molar-refractivity contribution is 7.07. The highest BCUT2D eigenvalue weighted by atomic mass is 32.1. The van der Waals surface area contributed by atoms with Crippen molar-refractivity contribution in [2.45, 2.75) is 12.5 Å². The van der Waals surface area contributed by atoms with Gasteiger partial charge in [-0.2, -0.15) is 11.3 Å². The van der Waals surface area contributed by atoms with Crippen LogP contribution in [0.5, 0.6) is 0 Å². The molecule has 1 N–H and O–H groups in total. The van der Waals surface area contributed by atoms with Crippen molar-refractivity contribution in [1.29, 1.82) is 0 Å². The second kappa shape index (κ2) is 4.35. The van der Waals surface area contributed by atoms with Crippen molar-refractivity contribution >= 4 is 11.3 Å². The summed E-state index contributed by atoms with van der Waals surface area (Å²) in [6.07, 6.45) is 1.89. The quantitative estimate of drug-likeness (QED) is 0.834. The van der Waals surface area contributed by atoms with Crippen molar-refractivity contribution in [3.8, 4) is 0 Å². The molecule has 0 aliphatic rings. The largest absolute Gasteiger partial charge is 0.388 e. The summed E-state index contributed by atoms with van der Waals surface area (Å²) in [6.45, 7) is 0. The van der Waals surface area contributed by atoms with Gasteiger partial charge in [0.25, 0.3) is 0 Å². The van der Waals surface area contributed by atoms with Crippen LogP contribution in [0.15, 0.2) is 41.2 Å². The third kappa shape index (κ3) is 2.19. The maximum atomic E-state index is 9.83. The monoisotopic (exact) mass is 205 g/mol. The van der Waals surface area contributed by atoms with Gasteiger partial charge in [0, 0.05) is 18.3 Å². The third-order valence-electron chi connectivity index (χ3n) is 2.06. The molecule has 0 aliphatic carbocycles. The maximum absolute atomic E-state index is 9.83. The Hall–Kier alpha value is -1.19. The summed E-state index contributed by atoms with van der Waals surface area (Å²) < 4.78 is 0. The molecule has 0 bridgehead atoms. The Morgan fingerprint density at radius 1 is 1.36 bits per heavy atom. The summed E-state index contributed by atoms with van der Waals surface area (Å²) in [6, 6.07) is 7.68. The lowest BCUT2D eigenvalue weighted by molar-refractivity contribution is 0.177. The van der Waals surface area contributed by atoms with Crippen molar-refractivity contribution in [1.82, 2.24) is 4.98 Å². The lowest BCUT2D eigenvalue weighted by Crippen LogP contribution is -2.01. The second-order valence-corrected chi connectivity index (χ2v) is 3.88. The molecule has 0 spiro atoms. The first-order valence-corrected chi connectivity index (χ1v) is 5.40. The number of rotatable bonds is 3. The lowest BCUT2D eigenvalue weighted by atomic mass is 10.1. The molecule has 0 fully saturated rings. The predicted octanol–water partition coefficient (Wildman–Crippen LogP) is 2.42. The lowest BCUT2D eigenvalue weighted by Gasteiger charge is -2.07. The number of hydrogen-bond acceptors (Lipinski definition) is 3. The number of thiophene rings is 1. The van der Waals surface area contributed by atoms with Crippen LogP contribution in [0, 0.1) is 0 Å². The minimum absolute atomic E-state index is 0.434. The first-order chi connectivity index (χ1) is 6.86. The first-order valence-electron chi connectivity index (χ1n) is 4.46. The zero-order chi connectivity index (χ0) is 9.80. The van der Waals surface area contributed by atoms with E-state index in [1.807, 2.05) is 35.0 Å². The van der Waals surface area contributed by atoms with Crippen molar-refractivity contribution in [3.63, 3.8) is 0 Å². The molecule has 3 heteroatoms. The van der Waals surface area contributed by atoms with Gasteiger partial charge in [0.15, 0.2) is 0 Å².